The van der Waals surface area contributed by atoms with Crippen molar-refractivity contribution in [3.05, 3.63) is 17.5 Å². The average Bonchev–Trinajstić information content (AvgIpc) is 2.77. The fourth-order valence-electron chi connectivity index (χ4n) is 1.66. The summed E-state index contributed by atoms with van der Waals surface area (Å²) in [5, 5.41) is 10.4. The van der Waals surface area contributed by atoms with Crippen molar-refractivity contribution in [3.63, 3.8) is 0 Å². The van der Waals surface area contributed by atoms with Gasteiger partial charge in [0.1, 0.15) is 0 Å². The number of methoxy groups -OCH3 is 1. The molecule has 2 heterocycles. The van der Waals surface area contributed by atoms with E-state index < -0.39 is 0 Å². The van der Waals surface area contributed by atoms with E-state index in [-0.39, 0.29) is 6.01 Å². The molecule has 2 N–H and O–H groups in total. The molecule has 0 aromatic carbocycles. The van der Waals surface area contributed by atoms with Gasteiger partial charge in [-0.1, -0.05) is 0 Å². The van der Waals surface area contributed by atoms with Gasteiger partial charge in [-0.3, -0.25) is 4.68 Å². The van der Waals surface area contributed by atoms with E-state index in [1.165, 1.54) is 7.11 Å². The van der Waals surface area contributed by atoms with E-state index >= 15 is 0 Å². The van der Waals surface area contributed by atoms with Crippen LogP contribution in [0, 0.1) is 6.92 Å². The zero-order valence-corrected chi connectivity index (χ0v) is 12.1. The molecule has 0 atom stereocenters. The smallest absolute Gasteiger partial charge is 0.322 e. The first-order valence-electron chi connectivity index (χ1n) is 6.39. The van der Waals surface area contributed by atoms with Gasteiger partial charge in [0.15, 0.2) is 0 Å². The van der Waals surface area contributed by atoms with E-state index in [9.17, 15) is 0 Å². The molecule has 0 saturated carbocycles. The molecule has 2 rings (SSSR count). The summed E-state index contributed by atoms with van der Waals surface area (Å²) in [6, 6.07) is 0.279. The van der Waals surface area contributed by atoms with Gasteiger partial charge < -0.3 is 15.4 Å². The molecule has 0 spiro atoms. The number of nitrogens with one attached hydrogen (secondary N) is 2. The molecular weight excluding hydrogens is 258 g/mol. The third kappa shape index (κ3) is 3.14. The number of anilines is 2. The van der Waals surface area contributed by atoms with Crippen LogP contribution in [0.25, 0.3) is 0 Å². The summed E-state index contributed by atoms with van der Waals surface area (Å²) in [5.74, 6) is 0.959. The maximum absolute atomic E-state index is 5.06. The highest BCUT2D eigenvalue weighted by Crippen LogP contribution is 2.12. The minimum atomic E-state index is 0.279. The number of hydrogen-bond donors (Lipinski definition) is 2. The van der Waals surface area contributed by atoms with E-state index in [4.69, 9.17) is 4.74 Å². The van der Waals surface area contributed by atoms with Crippen molar-refractivity contribution in [1.29, 1.82) is 0 Å². The van der Waals surface area contributed by atoms with Gasteiger partial charge in [0, 0.05) is 31.4 Å². The predicted octanol–water partition coefficient (Wildman–Crippen LogP) is 0.966. The first-order chi connectivity index (χ1) is 9.63. The van der Waals surface area contributed by atoms with Gasteiger partial charge in [0.05, 0.1) is 13.3 Å². The third-order valence-corrected chi connectivity index (χ3v) is 2.91. The fraction of sp³-hybridized carbons (Fsp3) is 0.500. The lowest BCUT2D eigenvalue weighted by atomic mass is 10.2. The zero-order valence-electron chi connectivity index (χ0n) is 12.1. The molecule has 20 heavy (non-hydrogen) atoms. The minimum Gasteiger partial charge on any atom is -0.467 e. The molecule has 0 aliphatic carbocycles. The molecule has 108 valence electrons. The minimum absolute atomic E-state index is 0.279. The summed E-state index contributed by atoms with van der Waals surface area (Å²) in [6.45, 7) is 5.32. The highest BCUT2D eigenvalue weighted by molar-refractivity contribution is 5.36. The first kappa shape index (κ1) is 14.0. The third-order valence-electron chi connectivity index (χ3n) is 2.91. The van der Waals surface area contributed by atoms with Crippen LogP contribution in [0.2, 0.25) is 0 Å². The molecule has 0 aliphatic heterocycles. The zero-order chi connectivity index (χ0) is 14.5. The molecular formula is C12H19N7O. The Morgan fingerprint density at radius 3 is 2.45 bits per heavy atom. The van der Waals surface area contributed by atoms with Crippen molar-refractivity contribution in [2.24, 2.45) is 7.05 Å². The van der Waals surface area contributed by atoms with Crippen LogP contribution in [0.1, 0.15) is 18.2 Å². The van der Waals surface area contributed by atoms with Gasteiger partial charge in [-0.05, 0) is 13.8 Å². The second-order valence-electron chi connectivity index (χ2n) is 4.23. The van der Waals surface area contributed by atoms with Crippen molar-refractivity contribution in [2.75, 3.05) is 24.3 Å². The normalized spacial score (nSPS) is 10.4. The van der Waals surface area contributed by atoms with Crippen LogP contribution in [-0.2, 0) is 13.6 Å². The lowest BCUT2D eigenvalue weighted by Gasteiger charge is -2.08. The number of hydrogen-bond acceptors (Lipinski definition) is 7. The second-order valence-corrected chi connectivity index (χ2v) is 4.23. The molecule has 0 unspecified atom stereocenters. The Balaban J connectivity index is 2.12. The molecule has 0 fully saturated rings. The Hall–Kier alpha value is -2.38. The standard InChI is InChI=1S/C12H19N7O/c1-5-13-10-16-11(18-12(17-10)20-4)14-6-9-7-15-19(3)8(9)2/h7H,5-6H2,1-4H3,(H2,13,14,16,17,18). The second kappa shape index (κ2) is 6.18. The van der Waals surface area contributed by atoms with Crippen molar-refractivity contribution in [1.82, 2.24) is 24.7 Å². The molecule has 2 aromatic rings. The lowest BCUT2D eigenvalue weighted by molar-refractivity contribution is 0.379. The first-order valence-corrected chi connectivity index (χ1v) is 6.39. The molecule has 2 aromatic heterocycles. The highest BCUT2D eigenvalue weighted by Gasteiger charge is 2.08. The van der Waals surface area contributed by atoms with Gasteiger partial charge in [0.25, 0.3) is 0 Å². The summed E-state index contributed by atoms with van der Waals surface area (Å²) in [4.78, 5) is 12.5. The highest BCUT2D eigenvalue weighted by atomic mass is 16.5. The summed E-state index contributed by atoms with van der Waals surface area (Å²) in [5.41, 5.74) is 2.20. The maximum Gasteiger partial charge on any atom is 0.322 e. The number of aryl methyl sites for hydroxylation is 1. The summed E-state index contributed by atoms with van der Waals surface area (Å²) in [7, 11) is 3.44. The molecule has 0 bridgehead atoms. The van der Waals surface area contributed by atoms with Crippen molar-refractivity contribution in [3.8, 4) is 6.01 Å². The Morgan fingerprint density at radius 2 is 1.90 bits per heavy atom. The number of ether oxygens (including phenoxy) is 1. The average molecular weight is 277 g/mol. The van der Waals surface area contributed by atoms with Gasteiger partial charge in [-0.2, -0.15) is 20.1 Å². The molecule has 0 aliphatic rings. The van der Waals surface area contributed by atoms with Crippen LogP contribution in [0.15, 0.2) is 6.20 Å². The van der Waals surface area contributed by atoms with Gasteiger partial charge in [-0.25, -0.2) is 0 Å². The van der Waals surface area contributed by atoms with Crippen molar-refractivity contribution in [2.45, 2.75) is 20.4 Å². The van der Waals surface area contributed by atoms with Crippen molar-refractivity contribution < 1.29 is 4.74 Å². The van der Waals surface area contributed by atoms with Crippen LogP contribution in [0.4, 0.5) is 11.9 Å². The Labute approximate surface area is 117 Å². The lowest BCUT2D eigenvalue weighted by Crippen LogP contribution is -2.10. The van der Waals surface area contributed by atoms with Crippen LogP contribution < -0.4 is 15.4 Å². The van der Waals surface area contributed by atoms with Crippen LogP contribution in [0.5, 0.6) is 6.01 Å². The largest absolute Gasteiger partial charge is 0.467 e. The van der Waals surface area contributed by atoms with Gasteiger partial charge >= 0.3 is 6.01 Å². The van der Waals surface area contributed by atoms with Gasteiger partial charge in [-0.15, -0.1) is 0 Å². The topological polar surface area (TPSA) is 89.8 Å². The van der Waals surface area contributed by atoms with E-state index in [0.29, 0.717) is 18.4 Å². The molecule has 0 saturated heterocycles. The van der Waals surface area contributed by atoms with Gasteiger partial charge in [0.2, 0.25) is 11.9 Å². The predicted molar refractivity (Wildman–Crippen MR) is 75.8 cm³/mol. The molecule has 8 nitrogen and oxygen atoms in total. The number of nitrogens with zero attached hydrogens (tertiary/aromatic N) is 5. The quantitative estimate of drug-likeness (QED) is 0.813. The molecule has 0 amide bonds. The van der Waals surface area contributed by atoms with E-state index in [2.05, 4.69) is 30.7 Å². The molecule has 0 radical (unpaired) electrons. The fourth-order valence-corrected chi connectivity index (χ4v) is 1.66. The summed E-state index contributed by atoms with van der Waals surface area (Å²) < 4.78 is 6.89. The van der Waals surface area contributed by atoms with E-state index in [1.54, 1.807) is 0 Å². The number of aromatic nitrogens is 5. The SMILES string of the molecule is CCNc1nc(NCc2cnn(C)c2C)nc(OC)n1. The number of rotatable bonds is 6. The van der Waals surface area contributed by atoms with E-state index in [0.717, 1.165) is 17.8 Å². The Morgan fingerprint density at radius 1 is 1.20 bits per heavy atom. The van der Waals surface area contributed by atoms with E-state index in [1.807, 2.05) is 31.8 Å². The Kier molecular flexibility index (Phi) is 4.34. The molecule has 8 heteroatoms. The summed E-state index contributed by atoms with van der Waals surface area (Å²) in [6.07, 6.45) is 1.83. The monoisotopic (exact) mass is 277 g/mol. The van der Waals surface area contributed by atoms with Crippen LogP contribution in [0.3, 0.4) is 0 Å². The Bertz CT molecular complexity index is 581. The maximum atomic E-state index is 5.06. The van der Waals surface area contributed by atoms with Crippen LogP contribution >= 0.6 is 0 Å². The summed E-state index contributed by atoms with van der Waals surface area (Å²) >= 11 is 0. The van der Waals surface area contributed by atoms with Crippen molar-refractivity contribution >= 4 is 11.9 Å². The van der Waals surface area contributed by atoms with Crippen LogP contribution in [-0.4, -0.2) is 38.4 Å².